The summed E-state index contributed by atoms with van der Waals surface area (Å²) in [6.07, 6.45) is -0.185. The van der Waals surface area contributed by atoms with Crippen LogP contribution in [0.25, 0.3) is 4.85 Å². The summed E-state index contributed by atoms with van der Waals surface area (Å²) in [5.41, 5.74) is 0. The van der Waals surface area contributed by atoms with E-state index in [2.05, 4.69) is 4.85 Å². The molecule has 58 valence electrons. The zero-order valence-corrected chi connectivity index (χ0v) is 6.19. The SMILES string of the molecule is [C-]#[N+]CC(F)(F)CC(C)C. The summed E-state index contributed by atoms with van der Waals surface area (Å²) in [5.74, 6) is -2.83. The minimum atomic E-state index is -2.78. The summed E-state index contributed by atoms with van der Waals surface area (Å²) >= 11 is 0. The Labute approximate surface area is 59.9 Å². The lowest BCUT2D eigenvalue weighted by atomic mass is 10.1. The molecule has 10 heavy (non-hydrogen) atoms. The van der Waals surface area contributed by atoms with E-state index < -0.39 is 12.5 Å². The highest BCUT2D eigenvalue weighted by Crippen LogP contribution is 2.23. The van der Waals surface area contributed by atoms with Crippen molar-refractivity contribution in [2.45, 2.75) is 26.2 Å². The van der Waals surface area contributed by atoms with Crippen molar-refractivity contribution in [2.75, 3.05) is 6.54 Å². The van der Waals surface area contributed by atoms with E-state index in [0.29, 0.717) is 0 Å². The van der Waals surface area contributed by atoms with Crippen molar-refractivity contribution < 1.29 is 8.78 Å². The number of hydrogen-bond donors (Lipinski definition) is 0. The summed E-state index contributed by atoms with van der Waals surface area (Å²) in [5, 5.41) is 0. The van der Waals surface area contributed by atoms with E-state index >= 15 is 0 Å². The molecule has 0 aromatic rings. The summed E-state index contributed by atoms with van der Waals surface area (Å²) in [6, 6.07) is 0. The zero-order valence-electron chi connectivity index (χ0n) is 6.19. The van der Waals surface area contributed by atoms with Crippen LogP contribution in [0.2, 0.25) is 0 Å². The summed E-state index contributed by atoms with van der Waals surface area (Å²) < 4.78 is 24.9. The summed E-state index contributed by atoms with van der Waals surface area (Å²) in [6.45, 7) is 9.01. The molecule has 0 spiro atoms. The van der Waals surface area contributed by atoms with E-state index in [1.54, 1.807) is 13.8 Å². The predicted octanol–water partition coefficient (Wildman–Crippen LogP) is 2.59. The Morgan fingerprint density at radius 2 is 2.00 bits per heavy atom. The van der Waals surface area contributed by atoms with Crippen molar-refractivity contribution in [3.8, 4) is 0 Å². The van der Waals surface area contributed by atoms with Crippen LogP contribution in [0, 0.1) is 12.5 Å². The van der Waals surface area contributed by atoms with Gasteiger partial charge in [0.15, 0.2) is 0 Å². The second kappa shape index (κ2) is 3.50. The Balaban J connectivity index is 3.77. The van der Waals surface area contributed by atoms with Gasteiger partial charge in [-0.2, -0.15) is 8.78 Å². The van der Waals surface area contributed by atoms with Gasteiger partial charge in [0, 0.05) is 6.42 Å². The third-order valence-corrected chi connectivity index (χ3v) is 1.02. The van der Waals surface area contributed by atoms with Crippen molar-refractivity contribution >= 4 is 0 Å². The Kier molecular flexibility index (Phi) is 3.27. The van der Waals surface area contributed by atoms with Gasteiger partial charge in [0.05, 0.1) is 0 Å². The van der Waals surface area contributed by atoms with Crippen molar-refractivity contribution in [3.05, 3.63) is 11.4 Å². The molecule has 0 saturated carbocycles. The second-order valence-electron chi connectivity index (χ2n) is 2.77. The molecular formula is C7H11F2N. The maximum Gasteiger partial charge on any atom is 0.318 e. The molecule has 0 fully saturated rings. The van der Waals surface area contributed by atoms with Crippen LogP contribution in [-0.2, 0) is 0 Å². The van der Waals surface area contributed by atoms with Crippen molar-refractivity contribution in [1.29, 1.82) is 0 Å². The van der Waals surface area contributed by atoms with Crippen LogP contribution in [0.1, 0.15) is 20.3 Å². The molecule has 0 aliphatic heterocycles. The third kappa shape index (κ3) is 4.25. The van der Waals surface area contributed by atoms with Gasteiger partial charge in [-0.25, -0.2) is 6.57 Å². The first-order valence-electron chi connectivity index (χ1n) is 3.19. The van der Waals surface area contributed by atoms with Gasteiger partial charge >= 0.3 is 5.92 Å². The highest BCUT2D eigenvalue weighted by Gasteiger charge is 2.33. The maximum absolute atomic E-state index is 12.5. The summed E-state index contributed by atoms with van der Waals surface area (Å²) in [7, 11) is 0. The standard InChI is InChI=1S/C7H11F2N/c1-6(2)4-7(8,9)5-10-3/h6H,4-5H2,1-2H3. The molecule has 0 radical (unpaired) electrons. The number of alkyl halides is 2. The molecule has 0 rings (SSSR count). The average molecular weight is 147 g/mol. The highest BCUT2D eigenvalue weighted by atomic mass is 19.3. The Hall–Kier alpha value is -0.650. The molecule has 0 amide bonds. The minimum absolute atomic E-state index is 0.0447. The fourth-order valence-electron chi connectivity index (χ4n) is 0.777. The van der Waals surface area contributed by atoms with Crippen LogP contribution in [-0.4, -0.2) is 12.5 Å². The summed E-state index contributed by atoms with van der Waals surface area (Å²) in [4.78, 5) is 2.66. The molecule has 0 aromatic carbocycles. The molecule has 1 nitrogen and oxygen atoms in total. The molecule has 0 heterocycles. The van der Waals surface area contributed by atoms with E-state index in [4.69, 9.17) is 6.57 Å². The van der Waals surface area contributed by atoms with Gasteiger partial charge in [0.25, 0.3) is 6.54 Å². The normalized spacial score (nSPS) is 11.6. The molecule has 0 N–H and O–H groups in total. The molecule has 0 unspecified atom stereocenters. The van der Waals surface area contributed by atoms with Gasteiger partial charge in [-0.15, -0.1) is 0 Å². The zero-order chi connectivity index (χ0) is 8.20. The van der Waals surface area contributed by atoms with E-state index in [1.807, 2.05) is 0 Å². The van der Waals surface area contributed by atoms with Gasteiger partial charge in [-0.05, 0) is 5.92 Å². The average Bonchev–Trinajstić information content (AvgIpc) is 1.59. The molecule has 0 saturated heterocycles. The predicted molar refractivity (Wildman–Crippen MR) is 35.9 cm³/mol. The van der Waals surface area contributed by atoms with Gasteiger partial charge in [0.2, 0.25) is 0 Å². The van der Waals surface area contributed by atoms with Crippen LogP contribution < -0.4 is 0 Å². The topological polar surface area (TPSA) is 4.36 Å². The van der Waals surface area contributed by atoms with E-state index in [1.165, 1.54) is 0 Å². The van der Waals surface area contributed by atoms with Crippen LogP contribution >= 0.6 is 0 Å². The lowest BCUT2D eigenvalue weighted by molar-refractivity contribution is -0.00199. The largest absolute Gasteiger partial charge is 0.318 e. The lowest BCUT2D eigenvalue weighted by Crippen LogP contribution is -2.21. The third-order valence-electron chi connectivity index (χ3n) is 1.02. The van der Waals surface area contributed by atoms with Gasteiger partial charge in [-0.1, -0.05) is 13.8 Å². The van der Waals surface area contributed by atoms with Crippen molar-refractivity contribution in [3.63, 3.8) is 0 Å². The first kappa shape index (κ1) is 9.35. The Morgan fingerprint density at radius 3 is 2.30 bits per heavy atom. The highest BCUT2D eigenvalue weighted by molar-refractivity contribution is 4.77. The van der Waals surface area contributed by atoms with Crippen LogP contribution in [0.4, 0.5) is 8.78 Å². The molecular weight excluding hydrogens is 136 g/mol. The van der Waals surface area contributed by atoms with Crippen LogP contribution in [0.3, 0.4) is 0 Å². The molecule has 0 bridgehead atoms. The Bertz CT molecular complexity index is 135. The van der Waals surface area contributed by atoms with Gasteiger partial charge < -0.3 is 4.85 Å². The Morgan fingerprint density at radius 1 is 1.50 bits per heavy atom. The van der Waals surface area contributed by atoms with E-state index in [0.717, 1.165) is 0 Å². The molecule has 3 heteroatoms. The number of nitrogens with zero attached hydrogens (tertiary/aromatic N) is 1. The van der Waals surface area contributed by atoms with Crippen LogP contribution in [0.15, 0.2) is 0 Å². The van der Waals surface area contributed by atoms with E-state index in [-0.39, 0.29) is 12.3 Å². The van der Waals surface area contributed by atoms with Crippen molar-refractivity contribution in [2.24, 2.45) is 5.92 Å². The molecule has 0 aromatic heterocycles. The molecule has 0 atom stereocenters. The quantitative estimate of drug-likeness (QED) is 0.540. The van der Waals surface area contributed by atoms with Gasteiger partial charge in [0.1, 0.15) is 0 Å². The van der Waals surface area contributed by atoms with Crippen molar-refractivity contribution in [1.82, 2.24) is 0 Å². The fourth-order valence-corrected chi connectivity index (χ4v) is 0.777. The minimum Gasteiger partial charge on any atom is -0.310 e. The lowest BCUT2D eigenvalue weighted by Gasteiger charge is -2.11. The smallest absolute Gasteiger partial charge is 0.310 e. The molecule has 0 aliphatic carbocycles. The molecule has 0 aliphatic rings. The van der Waals surface area contributed by atoms with Gasteiger partial charge in [-0.3, -0.25) is 0 Å². The van der Waals surface area contributed by atoms with Crippen LogP contribution in [0.5, 0.6) is 0 Å². The number of halogens is 2. The first-order valence-corrected chi connectivity index (χ1v) is 3.19. The number of hydrogen-bond acceptors (Lipinski definition) is 0. The second-order valence-corrected chi connectivity index (χ2v) is 2.77. The fraction of sp³-hybridized carbons (Fsp3) is 0.857. The number of rotatable bonds is 3. The first-order chi connectivity index (χ1) is 4.48. The monoisotopic (exact) mass is 147 g/mol. The maximum atomic E-state index is 12.5. The van der Waals surface area contributed by atoms with E-state index in [9.17, 15) is 8.78 Å².